The maximum Gasteiger partial charge on any atom is 0.269 e. The van der Waals surface area contributed by atoms with Gasteiger partial charge in [-0.2, -0.15) is 0 Å². The highest BCUT2D eigenvalue weighted by atomic mass is 32.2. The number of aryl methyl sites for hydroxylation is 2. The van der Waals surface area contributed by atoms with E-state index in [9.17, 15) is 18.0 Å². The lowest BCUT2D eigenvalue weighted by molar-refractivity contribution is -0.121. The topological polar surface area (TPSA) is 83.6 Å². The minimum Gasteiger partial charge on any atom is -0.350 e. The number of sulfonamides is 1. The van der Waals surface area contributed by atoms with Crippen molar-refractivity contribution in [2.24, 2.45) is 0 Å². The van der Waals surface area contributed by atoms with Crippen molar-refractivity contribution in [2.45, 2.75) is 38.1 Å². The number of hydrogen-bond donors (Lipinski definition) is 1. The highest BCUT2D eigenvalue weighted by Gasteiger charge is 2.40. The molecule has 1 aliphatic rings. The molecule has 1 aliphatic heterocycles. The quantitative estimate of drug-likeness (QED) is 0.856. The van der Waals surface area contributed by atoms with E-state index in [4.69, 9.17) is 0 Å². The van der Waals surface area contributed by atoms with Crippen LogP contribution in [0.25, 0.3) is 0 Å². The van der Waals surface area contributed by atoms with Gasteiger partial charge >= 0.3 is 0 Å². The van der Waals surface area contributed by atoms with Gasteiger partial charge in [-0.3, -0.25) is 9.59 Å². The average molecular weight is 386 g/mol. The molecular formula is C20H22N2O4S. The Labute approximate surface area is 159 Å². The smallest absolute Gasteiger partial charge is 0.269 e. The van der Waals surface area contributed by atoms with E-state index in [1.807, 2.05) is 39.0 Å². The van der Waals surface area contributed by atoms with E-state index in [0.29, 0.717) is 0 Å². The van der Waals surface area contributed by atoms with E-state index in [1.54, 1.807) is 12.1 Å². The summed E-state index contributed by atoms with van der Waals surface area (Å²) in [6.45, 7) is 5.72. The van der Waals surface area contributed by atoms with Gasteiger partial charge in [0.25, 0.3) is 15.9 Å². The molecule has 2 aromatic rings. The number of carbonyl (C=O) groups is 2. The van der Waals surface area contributed by atoms with Crippen LogP contribution < -0.4 is 5.32 Å². The number of nitrogens with one attached hydrogen (secondary N) is 1. The molecule has 6 nitrogen and oxygen atoms in total. The number of amides is 2. The first-order chi connectivity index (χ1) is 12.7. The van der Waals surface area contributed by atoms with Gasteiger partial charge in [0.05, 0.1) is 11.6 Å². The van der Waals surface area contributed by atoms with Crippen LogP contribution in [0.4, 0.5) is 0 Å². The van der Waals surface area contributed by atoms with E-state index < -0.39 is 15.9 Å². The molecule has 0 saturated carbocycles. The molecular weight excluding hydrogens is 364 g/mol. The Morgan fingerprint density at radius 2 is 1.81 bits per heavy atom. The number of benzene rings is 2. The first-order valence-corrected chi connectivity index (χ1v) is 10.2. The van der Waals surface area contributed by atoms with Crippen molar-refractivity contribution in [3.63, 3.8) is 0 Å². The molecule has 1 atom stereocenters. The molecule has 0 spiro atoms. The summed E-state index contributed by atoms with van der Waals surface area (Å²) < 4.78 is 25.8. The highest BCUT2D eigenvalue weighted by molar-refractivity contribution is 7.90. The van der Waals surface area contributed by atoms with Crippen LogP contribution in [0.1, 0.15) is 46.4 Å². The molecule has 0 fully saturated rings. The van der Waals surface area contributed by atoms with E-state index in [1.165, 1.54) is 17.7 Å². The van der Waals surface area contributed by atoms with Crippen LogP contribution >= 0.6 is 0 Å². The number of fused-ring (bicyclic) bond motifs is 1. The van der Waals surface area contributed by atoms with Crippen LogP contribution in [0, 0.1) is 13.8 Å². The van der Waals surface area contributed by atoms with Gasteiger partial charge < -0.3 is 5.32 Å². The van der Waals surface area contributed by atoms with Gasteiger partial charge in [0.15, 0.2) is 0 Å². The van der Waals surface area contributed by atoms with Gasteiger partial charge in [0.2, 0.25) is 5.91 Å². The van der Waals surface area contributed by atoms with E-state index in [-0.39, 0.29) is 35.4 Å². The predicted octanol–water partition coefficient (Wildman–Crippen LogP) is 2.72. The van der Waals surface area contributed by atoms with Crippen molar-refractivity contribution in [2.75, 3.05) is 6.54 Å². The standard InChI is InChI=1S/C20H22N2O4S/c1-13-8-9-16(12-14(13)2)15(3)21-19(23)10-11-22-20(24)17-6-4-5-7-18(17)27(22,25)26/h4-9,12,15H,10-11H2,1-3H3,(H,21,23). The first-order valence-electron chi connectivity index (χ1n) is 8.74. The summed E-state index contributed by atoms with van der Waals surface area (Å²) in [6.07, 6.45) is -0.0891. The Bertz CT molecular complexity index is 1010. The van der Waals surface area contributed by atoms with Crippen LogP contribution in [0.3, 0.4) is 0 Å². The minimum atomic E-state index is -3.88. The van der Waals surface area contributed by atoms with Gasteiger partial charge in [-0.1, -0.05) is 30.3 Å². The second kappa shape index (κ2) is 7.15. The normalized spacial score (nSPS) is 16.1. The molecule has 0 aromatic heterocycles. The summed E-state index contributed by atoms with van der Waals surface area (Å²) in [5.74, 6) is -0.889. The third kappa shape index (κ3) is 3.60. The number of hydrogen-bond acceptors (Lipinski definition) is 4. The minimum absolute atomic E-state index is 0.00101. The maximum atomic E-state index is 12.5. The zero-order valence-corrected chi connectivity index (χ0v) is 16.3. The number of rotatable bonds is 5. The number of carbonyl (C=O) groups excluding carboxylic acids is 2. The van der Waals surface area contributed by atoms with Crippen molar-refractivity contribution >= 4 is 21.8 Å². The summed E-state index contributed by atoms with van der Waals surface area (Å²) in [7, 11) is -3.88. The first kappa shape index (κ1) is 19.1. The highest BCUT2D eigenvalue weighted by Crippen LogP contribution is 2.29. The fourth-order valence-electron chi connectivity index (χ4n) is 3.09. The molecule has 0 saturated heterocycles. The molecule has 0 aliphatic carbocycles. The van der Waals surface area contributed by atoms with Gasteiger partial charge in [0.1, 0.15) is 4.90 Å². The summed E-state index contributed by atoms with van der Waals surface area (Å²) in [5.41, 5.74) is 3.44. The third-order valence-corrected chi connectivity index (χ3v) is 6.70. The van der Waals surface area contributed by atoms with E-state index in [2.05, 4.69) is 5.32 Å². The Balaban J connectivity index is 1.64. The van der Waals surface area contributed by atoms with Crippen molar-refractivity contribution < 1.29 is 18.0 Å². The average Bonchev–Trinajstić information content (AvgIpc) is 2.82. The summed E-state index contributed by atoms with van der Waals surface area (Å²) in [5, 5.41) is 2.86. The third-order valence-electron chi connectivity index (χ3n) is 4.86. The molecule has 0 radical (unpaired) electrons. The monoisotopic (exact) mass is 386 g/mol. The fourth-order valence-corrected chi connectivity index (χ4v) is 4.66. The molecule has 7 heteroatoms. The van der Waals surface area contributed by atoms with Crippen LogP contribution in [0.15, 0.2) is 47.4 Å². The van der Waals surface area contributed by atoms with Crippen molar-refractivity contribution in [1.82, 2.24) is 9.62 Å². The van der Waals surface area contributed by atoms with Crippen molar-refractivity contribution in [1.29, 1.82) is 0 Å². The summed E-state index contributed by atoms with van der Waals surface area (Å²) >= 11 is 0. The molecule has 142 valence electrons. The molecule has 3 rings (SSSR count). The Kier molecular flexibility index (Phi) is 5.06. The lowest BCUT2D eigenvalue weighted by atomic mass is 10.0. The fraction of sp³-hybridized carbons (Fsp3) is 0.300. The number of nitrogens with zero attached hydrogens (tertiary/aromatic N) is 1. The second-order valence-corrected chi connectivity index (χ2v) is 8.59. The Morgan fingerprint density at radius 3 is 2.48 bits per heavy atom. The summed E-state index contributed by atoms with van der Waals surface area (Å²) in [4.78, 5) is 24.6. The van der Waals surface area contributed by atoms with Crippen molar-refractivity contribution in [3.8, 4) is 0 Å². The van der Waals surface area contributed by atoms with Gasteiger partial charge in [-0.05, 0) is 49.6 Å². The van der Waals surface area contributed by atoms with E-state index >= 15 is 0 Å². The zero-order valence-electron chi connectivity index (χ0n) is 15.5. The van der Waals surface area contributed by atoms with Gasteiger partial charge in [-0.25, -0.2) is 12.7 Å². The van der Waals surface area contributed by atoms with Crippen LogP contribution in [0.5, 0.6) is 0 Å². The molecule has 1 heterocycles. The largest absolute Gasteiger partial charge is 0.350 e. The lowest BCUT2D eigenvalue weighted by Crippen LogP contribution is -2.35. The van der Waals surface area contributed by atoms with Crippen LogP contribution in [-0.2, 0) is 14.8 Å². The molecule has 2 aromatic carbocycles. The summed E-state index contributed by atoms with van der Waals surface area (Å²) in [6, 6.07) is 11.9. The SMILES string of the molecule is Cc1ccc(C(C)NC(=O)CCN2C(=O)c3ccccc3S2(=O)=O)cc1C. The van der Waals surface area contributed by atoms with Gasteiger partial charge in [-0.15, -0.1) is 0 Å². The van der Waals surface area contributed by atoms with Crippen LogP contribution in [0.2, 0.25) is 0 Å². The molecule has 27 heavy (non-hydrogen) atoms. The molecule has 2 amide bonds. The molecule has 1 unspecified atom stereocenters. The van der Waals surface area contributed by atoms with Crippen LogP contribution in [-0.4, -0.2) is 31.1 Å². The maximum absolute atomic E-state index is 12.5. The lowest BCUT2D eigenvalue weighted by Gasteiger charge is -2.18. The van der Waals surface area contributed by atoms with E-state index in [0.717, 1.165) is 15.4 Å². The Morgan fingerprint density at radius 1 is 1.11 bits per heavy atom. The van der Waals surface area contributed by atoms with Crippen molar-refractivity contribution in [3.05, 3.63) is 64.7 Å². The molecule has 0 bridgehead atoms. The second-order valence-electron chi connectivity index (χ2n) is 6.76. The van der Waals surface area contributed by atoms with Gasteiger partial charge in [0, 0.05) is 13.0 Å². The molecule has 1 N–H and O–H groups in total. The Hall–Kier alpha value is -2.67. The predicted molar refractivity (Wildman–Crippen MR) is 102 cm³/mol. The zero-order chi connectivity index (χ0) is 19.8.